The molecule has 0 radical (unpaired) electrons. The number of hydrogen-bond donors (Lipinski definition) is 3. The van der Waals surface area contributed by atoms with E-state index in [1.54, 1.807) is 42.6 Å². The number of anilines is 4. The summed E-state index contributed by atoms with van der Waals surface area (Å²) in [6.07, 6.45) is 1.62. The number of ether oxygens (including phenoxy) is 1. The van der Waals surface area contributed by atoms with Gasteiger partial charge in [0.2, 0.25) is 0 Å². The first kappa shape index (κ1) is 23.4. The summed E-state index contributed by atoms with van der Waals surface area (Å²) in [6.45, 7) is 0. The van der Waals surface area contributed by atoms with Crippen LogP contribution in [0.2, 0.25) is 0 Å². The molecule has 0 aliphatic carbocycles. The highest BCUT2D eigenvalue weighted by molar-refractivity contribution is 6.08. The predicted octanol–water partition coefficient (Wildman–Crippen LogP) is 6.69. The molecular formula is C29H22N4O4. The second kappa shape index (κ2) is 10.1. The van der Waals surface area contributed by atoms with Crippen molar-refractivity contribution in [3.05, 3.63) is 115 Å². The van der Waals surface area contributed by atoms with Gasteiger partial charge in [0.05, 0.1) is 16.9 Å². The summed E-state index contributed by atoms with van der Waals surface area (Å²) in [5, 5.41) is 13.8. The first-order chi connectivity index (χ1) is 18.0. The molecule has 0 aliphatic heterocycles. The van der Waals surface area contributed by atoms with Crippen LogP contribution in [0.5, 0.6) is 11.5 Å². The molecule has 0 saturated heterocycles. The van der Waals surface area contributed by atoms with E-state index in [0.717, 1.165) is 10.8 Å². The highest BCUT2D eigenvalue weighted by atomic mass is 16.5. The van der Waals surface area contributed by atoms with Gasteiger partial charge in [-0.3, -0.25) is 4.90 Å². The van der Waals surface area contributed by atoms with E-state index in [1.165, 1.54) is 17.0 Å². The van der Waals surface area contributed by atoms with Gasteiger partial charge in [0.15, 0.2) is 0 Å². The highest BCUT2D eigenvalue weighted by Gasteiger charge is 2.19. The minimum Gasteiger partial charge on any atom is -0.478 e. The van der Waals surface area contributed by atoms with Crippen molar-refractivity contribution >= 4 is 45.7 Å². The number of carbonyl (C=O) groups excluding carboxylic acids is 1. The number of fused-ring (bicyclic) bond motifs is 1. The molecule has 0 atom stereocenters. The van der Waals surface area contributed by atoms with Crippen LogP contribution in [0, 0.1) is 0 Å². The number of hydrogen-bond acceptors (Lipinski definition) is 5. The molecular weight excluding hydrogens is 468 g/mol. The highest BCUT2D eigenvalue weighted by Crippen LogP contribution is 2.38. The fourth-order valence-electron chi connectivity index (χ4n) is 4.02. The van der Waals surface area contributed by atoms with Crippen molar-refractivity contribution in [3.8, 4) is 11.5 Å². The van der Waals surface area contributed by atoms with E-state index in [4.69, 9.17) is 15.6 Å². The average molecular weight is 491 g/mol. The topological polar surface area (TPSA) is 118 Å². The molecule has 2 amide bonds. The van der Waals surface area contributed by atoms with E-state index in [9.17, 15) is 9.59 Å². The number of aromatic nitrogens is 1. The van der Waals surface area contributed by atoms with Gasteiger partial charge in [-0.2, -0.15) is 0 Å². The number of carboxylic acids is 1. The monoisotopic (exact) mass is 490 g/mol. The van der Waals surface area contributed by atoms with E-state index in [-0.39, 0.29) is 5.56 Å². The Bertz CT molecular complexity index is 1590. The lowest BCUT2D eigenvalue weighted by atomic mass is 10.1. The fourth-order valence-corrected chi connectivity index (χ4v) is 4.02. The number of para-hydroxylation sites is 1. The normalized spacial score (nSPS) is 10.6. The summed E-state index contributed by atoms with van der Waals surface area (Å²) >= 11 is 0. The molecule has 0 aliphatic rings. The largest absolute Gasteiger partial charge is 0.478 e. The molecule has 0 bridgehead atoms. The number of aromatic carboxylic acids is 1. The minimum atomic E-state index is -0.985. The van der Waals surface area contributed by atoms with E-state index in [2.05, 4.69) is 10.3 Å². The van der Waals surface area contributed by atoms with Crippen LogP contribution >= 0.6 is 0 Å². The van der Waals surface area contributed by atoms with Crippen molar-refractivity contribution in [1.29, 1.82) is 0 Å². The zero-order chi connectivity index (χ0) is 25.8. The third-order valence-electron chi connectivity index (χ3n) is 5.70. The van der Waals surface area contributed by atoms with Crippen molar-refractivity contribution in [3.63, 3.8) is 0 Å². The minimum absolute atomic E-state index is 0.202. The quantitative estimate of drug-likeness (QED) is 0.234. The van der Waals surface area contributed by atoms with Gasteiger partial charge in [0, 0.05) is 28.7 Å². The lowest BCUT2D eigenvalue weighted by Crippen LogP contribution is -2.31. The standard InChI is InChI=1S/C29H22N4O4/c30-29(36)33(21-6-2-1-3-7-21)25-14-15-26(24-9-5-4-8-23(24)25)37-22-16-17-31-27(18-22)32-20-12-10-19(11-13-20)28(34)35/h1-18H,(H2,30,36)(H,31,32)(H,34,35). The number of amides is 2. The average Bonchev–Trinajstić information content (AvgIpc) is 2.91. The summed E-state index contributed by atoms with van der Waals surface area (Å²) in [5.41, 5.74) is 7.97. The predicted molar refractivity (Wildman–Crippen MR) is 143 cm³/mol. The molecule has 0 saturated carbocycles. The molecule has 1 aromatic heterocycles. The molecule has 37 heavy (non-hydrogen) atoms. The van der Waals surface area contributed by atoms with Crippen molar-refractivity contribution in [1.82, 2.24) is 4.98 Å². The maximum absolute atomic E-state index is 12.4. The van der Waals surface area contributed by atoms with Crippen LogP contribution in [0.15, 0.2) is 109 Å². The number of nitrogens with two attached hydrogens (primary N) is 1. The van der Waals surface area contributed by atoms with Gasteiger partial charge in [-0.15, -0.1) is 0 Å². The third kappa shape index (κ3) is 5.03. The third-order valence-corrected chi connectivity index (χ3v) is 5.70. The SMILES string of the molecule is NC(=O)N(c1ccccc1)c1ccc(Oc2ccnc(Nc3ccc(C(=O)O)cc3)c2)c2ccccc12. The Balaban J connectivity index is 1.45. The number of carboxylic acid groups (broad SMARTS) is 1. The molecule has 4 aromatic carbocycles. The summed E-state index contributed by atoms with van der Waals surface area (Å²) in [5.74, 6) is 0.693. The number of benzene rings is 4. The number of carbonyl (C=O) groups is 2. The van der Waals surface area contributed by atoms with Crippen molar-refractivity contribution in [2.75, 3.05) is 10.2 Å². The van der Waals surface area contributed by atoms with Crippen LogP contribution in [0.1, 0.15) is 10.4 Å². The van der Waals surface area contributed by atoms with E-state index >= 15 is 0 Å². The molecule has 5 aromatic rings. The molecule has 0 spiro atoms. The van der Waals surface area contributed by atoms with Gasteiger partial charge >= 0.3 is 12.0 Å². The van der Waals surface area contributed by atoms with E-state index in [1.807, 2.05) is 54.6 Å². The number of nitrogens with one attached hydrogen (secondary N) is 1. The second-order valence-electron chi connectivity index (χ2n) is 8.12. The lowest BCUT2D eigenvalue weighted by molar-refractivity contribution is 0.0697. The van der Waals surface area contributed by atoms with Crippen molar-refractivity contribution in [2.24, 2.45) is 5.73 Å². The number of rotatable bonds is 7. The Morgan fingerprint density at radius 2 is 1.54 bits per heavy atom. The number of urea groups is 1. The summed E-state index contributed by atoms with van der Waals surface area (Å²) in [4.78, 5) is 29.3. The Hall–Kier alpha value is -5.37. The fraction of sp³-hybridized carbons (Fsp3) is 0. The summed E-state index contributed by atoms with van der Waals surface area (Å²) in [7, 11) is 0. The van der Waals surface area contributed by atoms with Crippen LogP contribution in [0.3, 0.4) is 0 Å². The zero-order valence-corrected chi connectivity index (χ0v) is 19.5. The second-order valence-corrected chi connectivity index (χ2v) is 8.12. The van der Waals surface area contributed by atoms with Crippen LogP contribution < -0.4 is 20.7 Å². The van der Waals surface area contributed by atoms with Gasteiger partial charge in [0.25, 0.3) is 0 Å². The molecule has 8 nitrogen and oxygen atoms in total. The van der Waals surface area contributed by atoms with Gasteiger partial charge in [-0.25, -0.2) is 14.6 Å². The molecule has 1 heterocycles. The Morgan fingerprint density at radius 1 is 0.838 bits per heavy atom. The number of nitrogens with zero attached hydrogens (tertiary/aromatic N) is 2. The van der Waals surface area contributed by atoms with Crippen molar-refractivity contribution < 1.29 is 19.4 Å². The molecule has 4 N–H and O–H groups in total. The summed E-state index contributed by atoms with van der Waals surface area (Å²) < 4.78 is 6.23. The summed E-state index contributed by atoms with van der Waals surface area (Å²) in [6, 6.07) is 29.7. The smallest absolute Gasteiger partial charge is 0.335 e. The molecule has 5 rings (SSSR count). The first-order valence-electron chi connectivity index (χ1n) is 11.4. The molecule has 0 fully saturated rings. The van der Waals surface area contributed by atoms with Crippen LogP contribution in [-0.2, 0) is 0 Å². The Morgan fingerprint density at radius 3 is 2.24 bits per heavy atom. The van der Waals surface area contributed by atoms with E-state index in [0.29, 0.717) is 34.4 Å². The van der Waals surface area contributed by atoms with Gasteiger partial charge in [-0.1, -0.05) is 42.5 Å². The van der Waals surface area contributed by atoms with Gasteiger partial charge in [-0.05, 0) is 54.6 Å². The maximum atomic E-state index is 12.4. The molecule has 182 valence electrons. The lowest BCUT2D eigenvalue weighted by Gasteiger charge is -2.23. The van der Waals surface area contributed by atoms with E-state index < -0.39 is 12.0 Å². The zero-order valence-electron chi connectivity index (χ0n) is 19.5. The first-order valence-corrected chi connectivity index (χ1v) is 11.4. The number of primary amides is 1. The van der Waals surface area contributed by atoms with Crippen molar-refractivity contribution in [2.45, 2.75) is 0 Å². The van der Waals surface area contributed by atoms with Crippen LogP contribution in [-0.4, -0.2) is 22.1 Å². The van der Waals surface area contributed by atoms with Gasteiger partial charge < -0.3 is 20.9 Å². The maximum Gasteiger partial charge on any atom is 0.335 e. The van der Waals surface area contributed by atoms with Crippen LogP contribution in [0.25, 0.3) is 10.8 Å². The molecule has 8 heteroatoms. The number of pyridine rings is 1. The Kier molecular flexibility index (Phi) is 6.37. The Labute approximate surface area is 212 Å². The van der Waals surface area contributed by atoms with Gasteiger partial charge in [0.1, 0.15) is 17.3 Å². The van der Waals surface area contributed by atoms with Crippen LogP contribution in [0.4, 0.5) is 27.7 Å². The molecule has 0 unspecified atom stereocenters.